The van der Waals surface area contributed by atoms with Crippen LogP contribution in [0.15, 0.2) is 47.4 Å². The van der Waals surface area contributed by atoms with E-state index in [-0.39, 0.29) is 21.3 Å². The van der Waals surface area contributed by atoms with Gasteiger partial charge in [0, 0.05) is 21.2 Å². The van der Waals surface area contributed by atoms with Gasteiger partial charge >= 0.3 is 5.97 Å². The molecule has 2 aromatic carbocycles. The van der Waals surface area contributed by atoms with Crippen molar-refractivity contribution in [1.29, 1.82) is 0 Å². The van der Waals surface area contributed by atoms with Crippen LogP contribution in [0.5, 0.6) is 0 Å². The highest BCUT2D eigenvalue weighted by molar-refractivity contribution is 8.26. The van der Waals surface area contributed by atoms with Crippen molar-refractivity contribution in [2.45, 2.75) is 6.54 Å². The van der Waals surface area contributed by atoms with Crippen LogP contribution in [0.25, 0.3) is 5.57 Å². The molecule has 10 heteroatoms. The number of halogens is 2. The Labute approximate surface area is 191 Å². The third-order valence-corrected chi connectivity index (χ3v) is 6.83. The van der Waals surface area contributed by atoms with Crippen LogP contribution in [0, 0.1) is 0 Å². The number of thiocarbonyl (C=S) groups is 1. The summed E-state index contributed by atoms with van der Waals surface area (Å²) in [4.78, 5) is 39.9. The molecular formula is C20H12Cl2N2O4S2. The van der Waals surface area contributed by atoms with Crippen LogP contribution in [-0.4, -0.2) is 38.7 Å². The summed E-state index contributed by atoms with van der Waals surface area (Å²) in [7, 11) is 0. The van der Waals surface area contributed by atoms with Gasteiger partial charge in [0.25, 0.3) is 11.8 Å². The van der Waals surface area contributed by atoms with Gasteiger partial charge in [-0.25, -0.2) is 0 Å². The highest BCUT2D eigenvalue weighted by atomic mass is 35.5. The van der Waals surface area contributed by atoms with Crippen LogP contribution in [0.3, 0.4) is 0 Å². The van der Waals surface area contributed by atoms with E-state index in [1.165, 1.54) is 4.90 Å². The van der Waals surface area contributed by atoms with Gasteiger partial charge in [0.1, 0.15) is 10.9 Å². The van der Waals surface area contributed by atoms with Gasteiger partial charge in [-0.1, -0.05) is 71.4 Å². The molecule has 30 heavy (non-hydrogen) atoms. The average molecular weight is 479 g/mol. The molecule has 1 N–H and O–H groups in total. The first kappa shape index (κ1) is 20.9. The smallest absolute Gasteiger partial charge is 0.323 e. The minimum absolute atomic E-state index is 0.0998. The summed E-state index contributed by atoms with van der Waals surface area (Å²) in [5.74, 6) is -2.18. The largest absolute Gasteiger partial charge is 0.480 e. The zero-order valence-electron chi connectivity index (χ0n) is 15.1. The van der Waals surface area contributed by atoms with E-state index >= 15 is 0 Å². The lowest BCUT2D eigenvalue weighted by molar-refractivity contribution is -0.140. The molecule has 0 aromatic heterocycles. The number of fused-ring (bicyclic) bond motifs is 1. The van der Waals surface area contributed by atoms with Gasteiger partial charge in [-0.05, 0) is 18.2 Å². The van der Waals surface area contributed by atoms with E-state index in [0.29, 0.717) is 26.9 Å². The fraction of sp³-hybridized carbons (Fsp3) is 0.100. The lowest BCUT2D eigenvalue weighted by Gasteiger charge is -2.19. The number of thioether (sulfide) groups is 1. The van der Waals surface area contributed by atoms with Gasteiger partial charge in [-0.15, -0.1) is 0 Å². The number of hydrogen-bond acceptors (Lipinski definition) is 5. The first-order valence-corrected chi connectivity index (χ1v) is 10.6. The average Bonchev–Trinajstić information content (AvgIpc) is 3.12. The number of anilines is 1. The third-order valence-electron chi connectivity index (χ3n) is 4.67. The molecule has 0 spiro atoms. The molecule has 0 radical (unpaired) electrons. The van der Waals surface area contributed by atoms with Gasteiger partial charge in [-0.2, -0.15) is 0 Å². The van der Waals surface area contributed by atoms with Crippen LogP contribution in [-0.2, 0) is 20.9 Å². The van der Waals surface area contributed by atoms with Crippen molar-refractivity contribution in [2.24, 2.45) is 0 Å². The van der Waals surface area contributed by atoms with E-state index in [0.717, 1.165) is 16.7 Å². The number of para-hydroxylation sites is 1. The summed E-state index contributed by atoms with van der Waals surface area (Å²) in [6.07, 6.45) is 0. The Kier molecular flexibility index (Phi) is 5.59. The first-order valence-electron chi connectivity index (χ1n) is 8.63. The van der Waals surface area contributed by atoms with Gasteiger partial charge in [0.2, 0.25) is 0 Å². The monoisotopic (exact) mass is 478 g/mol. The zero-order chi connectivity index (χ0) is 21.6. The van der Waals surface area contributed by atoms with Crippen molar-refractivity contribution >= 4 is 80.5 Å². The van der Waals surface area contributed by atoms with E-state index in [1.807, 2.05) is 0 Å². The number of carbonyl (C=O) groups excluding carboxylic acids is 2. The van der Waals surface area contributed by atoms with Crippen molar-refractivity contribution in [3.05, 3.63) is 68.5 Å². The first-order chi connectivity index (χ1) is 14.3. The molecule has 0 bridgehead atoms. The molecule has 152 valence electrons. The maximum atomic E-state index is 13.4. The molecule has 2 aliphatic heterocycles. The van der Waals surface area contributed by atoms with Gasteiger partial charge < -0.3 is 10.0 Å². The fourth-order valence-corrected chi connectivity index (χ4v) is 5.16. The van der Waals surface area contributed by atoms with Crippen LogP contribution in [0.1, 0.15) is 11.1 Å². The Balaban J connectivity index is 1.80. The maximum Gasteiger partial charge on any atom is 0.323 e. The van der Waals surface area contributed by atoms with Crippen molar-refractivity contribution in [1.82, 2.24) is 4.90 Å². The molecule has 1 saturated heterocycles. The number of amides is 2. The van der Waals surface area contributed by atoms with Crippen molar-refractivity contribution < 1.29 is 19.5 Å². The summed E-state index contributed by atoms with van der Waals surface area (Å²) in [5.41, 5.74) is 1.96. The Bertz CT molecular complexity index is 1140. The molecule has 0 unspecified atom stereocenters. The second-order valence-electron chi connectivity index (χ2n) is 6.47. The number of carboxylic acids is 1. The van der Waals surface area contributed by atoms with Crippen molar-refractivity contribution in [3.8, 4) is 0 Å². The maximum absolute atomic E-state index is 13.4. The highest BCUT2D eigenvalue weighted by Crippen LogP contribution is 2.45. The quantitative estimate of drug-likeness (QED) is 0.524. The predicted molar refractivity (Wildman–Crippen MR) is 121 cm³/mol. The third kappa shape index (κ3) is 3.50. The molecule has 2 aromatic rings. The Morgan fingerprint density at radius 2 is 1.67 bits per heavy atom. The number of rotatable bonds is 4. The number of benzene rings is 2. The van der Waals surface area contributed by atoms with E-state index in [4.69, 9.17) is 40.5 Å². The second-order valence-corrected chi connectivity index (χ2v) is 8.92. The number of aliphatic carboxylic acids is 1. The molecule has 6 nitrogen and oxygen atoms in total. The summed E-state index contributed by atoms with van der Waals surface area (Å²) in [5, 5.41) is 9.90. The minimum Gasteiger partial charge on any atom is -0.480 e. The van der Waals surface area contributed by atoms with Crippen molar-refractivity contribution in [2.75, 3.05) is 11.4 Å². The van der Waals surface area contributed by atoms with Crippen LogP contribution in [0.2, 0.25) is 10.0 Å². The second kappa shape index (κ2) is 8.03. The molecule has 2 heterocycles. The minimum atomic E-state index is -1.19. The van der Waals surface area contributed by atoms with E-state index < -0.39 is 24.3 Å². The van der Waals surface area contributed by atoms with Crippen LogP contribution in [0.4, 0.5) is 5.69 Å². The van der Waals surface area contributed by atoms with Crippen LogP contribution >= 0.6 is 47.2 Å². The number of carboxylic acid groups (broad SMARTS) is 1. The molecule has 4 rings (SSSR count). The lowest BCUT2D eigenvalue weighted by atomic mass is 10.1. The highest BCUT2D eigenvalue weighted by Gasteiger charge is 2.42. The standard InChI is InChI=1S/C20H12Cl2N2O4S2/c21-12-5-3-6-13(22)11(12)8-23-14-7-2-1-4-10(14)16(18(23)27)17-19(28)24(9-15(25)26)20(29)30-17/h1-7H,8-9H2,(H,25,26). The Hall–Kier alpha value is -2.39. The van der Waals surface area contributed by atoms with Crippen LogP contribution < -0.4 is 4.90 Å². The number of nitrogens with zero attached hydrogens (tertiary/aromatic N) is 2. The summed E-state index contributed by atoms with van der Waals surface area (Å²) >= 11 is 18.7. The molecule has 2 aliphatic rings. The van der Waals surface area contributed by atoms with Crippen molar-refractivity contribution in [3.63, 3.8) is 0 Å². The van der Waals surface area contributed by atoms with E-state index in [1.54, 1.807) is 42.5 Å². The summed E-state index contributed by atoms with van der Waals surface area (Å²) in [6.45, 7) is -0.441. The number of carbonyl (C=O) groups is 3. The lowest BCUT2D eigenvalue weighted by Crippen LogP contribution is -2.33. The van der Waals surface area contributed by atoms with E-state index in [2.05, 4.69) is 0 Å². The summed E-state index contributed by atoms with van der Waals surface area (Å²) in [6, 6.07) is 12.1. The molecular weight excluding hydrogens is 467 g/mol. The van der Waals surface area contributed by atoms with Gasteiger partial charge in [0.15, 0.2) is 0 Å². The van der Waals surface area contributed by atoms with E-state index in [9.17, 15) is 14.4 Å². The molecule has 0 aliphatic carbocycles. The van der Waals surface area contributed by atoms with Gasteiger partial charge in [0.05, 0.1) is 22.7 Å². The topological polar surface area (TPSA) is 77.9 Å². The molecule has 2 amide bonds. The summed E-state index contributed by atoms with van der Waals surface area (Å²) < 4.78 is 0.0998. The molecule has 0 atom stereocenters. The zero-order valence-corrected chi connectivity index (χ0v) is 18.2. The molecule has 0 saturated carbocycles. The Morgan fingerprint density at radius 1 is 1.00 bits per heavy atom. The normalized spacial score (nSPS) is 18.4. The van der Waals surface area contributed by atoms with Gasteiger partial charge in [-0.3, -0.25) is 19.3 Å². The number of hydrogen-bond donors (Lipinski definition) is 1. The Morgan fingerprint density at radius 3 is 2.33 bits per heavy atom. The molecule has 1 fully saturated rings. The SMILES string of the molecule is O=C(O)CN1C(=O)C(=C2C(=O)N(Cc3c(Cl)cccc3Cl)c3ccccc32)SC1=S. The fourth-order valence-electron chi connectivity index (χ4n) is 3.32. The predicted octanol–water partition coefficient (Wildman–Crippen LogP) is 4.20.